The smallest absolute Gasteiger partial charge is 0.122 e. The van der Waals surface area contributed by atoms with E-state index in [1.54, 1.807) is 15.8 Å². The van der Waals surface area contributed by atoms with Crippen molar-refractivity contribution in [3.05, 3.63) is 40.8 Å². The number of nitrogens with two attached hydrogens (primary N) is 1. The first kappa shape index (κ1) is 10.9. The van der Waals surface area contributed by atoms with Crippen molar-refractivity contribution in [2.45, 2.75) is 13.1 Å². The molecule has 3 N–H and O–H groups in total. The molecule has 0 bridgehead atoms. The summed E-state index contributed by atoms with van der Waals surface area (Å²) in [7, 11) is 0. The second-order valence-electron chi connectivity index (χ2n) is 4.04. The molecule has 88 valence electrons. The number of aryl methyl sites for hydroxylation is 1. The first-order chi connectivity index (χ1) is 8.16. The van der Waals surface area contributed by atoms with Gasteiger partial charge < -0.3 is 11.1 Å². The molecule has 0 spiro atoms. The molecule has 2 heterocycles. The average molecular weight is 266 g/mol. The van der Waals surface area contributed by atoms with E-state index >= 15 is 0 Å². The van der Waals surface area contributed by atoms with Gasteiger partial charge in [-0.15, -0.1) is 11.3 Å². The summed E-state index contributed by atoms with van der Waals surface area (Å²) >= 11 is 8.01. The lowest BCUT2D eigenvalue weighted by atomic mass is 10.2. The van der Waals surface area contributed by atoms with Crippen LogP contribution in [0.4, 0.5) is 16.4 Å². The number of nitrogens with zero attached hydrogens (tertiary/aromatic N) is 1. The molecule has 0 radical (unpaired) electrons. The Labute approximate surface area is 109 Å². The van der Waals surface area contributed by atoms with Gasteiger partial charge in [0.2, 0.25) is 0 Å². The Hall–Kier alpha value is -1.23. The summed E-state index contributed by atoms with van der Waals surface area (Å²) < 4.78 is 1.58. The molecule has 0 saturated carbocycles. The highest BCUT2D eigenvalue weighted by molar-refractivity contribution is 7.16. The van der Waals surface area contributed by atoms with Gasteiger partial charge in [-0.1, -0.05) is 12.1 Å². The Balaban J connectivity index is 2.19. The Kier molecular flexibility index (Phi) is 2.50. The van der Waals surface area contributed by atoms with Crippen molar-refractivity contribution < 1.29 is 0 Å². The Morgan fingerprint density at radius 1 is 1.41 bits per heavy atom. The predicted octanol–water partition coefficient (Wildman–Crippen LogP) is 3.73. The molecule has 3 nitrogen and oxygen atoms in total. The molecular weight excluding hydrogens is 254 g/mol. The summed E-state index contributed by atoms with van der Waals surface area (Å²) in [5.74, 6) is 0. The standard InChI is InChI=1S/C12H12ClN3S/c1-7-6-8-11(14)16(13)10-5-3-2-4-9(10)15-12(8)17-7/h2-6,11,15H,14H2,1H3. The zero-order valence-corrected chi connectivity index (χ0v) is 10.8. The third kappa shape index (κ3) is 1.69. The normalized spacial score (nSPS) is 18.1. The maximum absolute atomic E-state index is 6.31. The zero-order chi connectivity index (χ0) is 12.0. The number of fused-ring (bicyclic) bond motifs is 2. The van der Waals surface area contributed by atoms with Crippen molar-refractivity contribution >= 4 is 39.5 Å². The Morgan fingerprint density at radius 3 is 3.00 bits per heavy atom. The van der Waals surface area contributed by atoms with Gasteiger partial charge >= 0.3 is 0 Å². The second-order valence-corrected chi connectivity index (χ2v) is 5.66. The number of para-hydroxylation sites is 2. The van der Waals surface area contributed by atoms with Gasteiger partial charge in [-0.2, -0.15) is 0 Å². The van der Waals surface area contributed by atoms with E-state index in [4.69, 9.17) is 17.5 Å². The van der Waals surface area contributed by atoms with Gasteiger partial charge in [0.15, 0.2) is 0 Å². The van der Waals surface area contributed by atoms with Crippen LogP contribution in [0.1, 0.15) is 16.6 Å². The lowest BCUT2D eigenvalue weighted by molar-refractivity contribution is 0.782. The van der Waals surface area contributed by atoms with E-state index in [2.05, 4.69) is 18.3 Å². The molecule has 1 unspecified atom stereocenters. The predicted molar refractivity (Wildman–Crippen MR) is 74.0 cm³/mol. The highest BCUT2D eigenvalue weighted by Gasteiger charge is 2.26. The largest absolute Gasteiger partial charge is 0.345 e. The number of rotatable bonds is 0. The van der Waals surface area contributed by atoms with Crippen molar-refractivity contribution in [3.8, 4) is 0 Å². The van der Waals surface area contributed by atoms with Crippen LogP contribution in [0, 0.1) is 6.92 Å². The molecule has 1 aromatic carbocycles. The van der Waals surface area contributed by atoms with Gasteiger partial charge in [-0.25, -0.2) is 0 Å². The van der Waals surface area contributed by atoms with Gasteiger partial charge in [0.1, 0.15) is 6.17 Å². The number of thiophene rings is 1. The SMILES string of the molecule is Cc1cc2c(s1)Nc1ccccc1N(Cl)C2N. The van der Waals surface area contributed by atoms with E-state index in [1.807, 2.05) is 24.3 Å². The van der Waals surface area contributed by atoms with Gasteiger partial charge in [0.25, 0.3) is 0 Å². The summed E-state index contributed by atoms with van der Waals surface area (Å²) in [5, 5.41) is 4.47. The second kappa shape index (κ2) is 3.91. The van der Waals surface area contributed by atoms with Crippen molar-refractivity contribution in [1.29, 1.82) is 0 Å². The van der Waals surface area contributed by atoms with E-state index in [0.717, 1.165) is 21.9 Å². The summed E-state index contributed by atoms with van der Waals surface area (Å²) in [6.07, 6.45) is -0.326. The van der Waals surface area contributed by atoms with Gasteiger partial charge in [0.05, 0.1) is 16.4 Å². The zero-order valence-electron chi connectivity index (χ0n) is 9.27. The minimum Gasteiger partial charge on any atom is -0.345 e. The number of halogens is 1. The summed E-state index contributed by atoms with van der Waals surface area (Å²) in [4.78, 5) is 1.22. The van der Waals surface area contributed by atoms with Gasteiger partial charge in [0, 0.05) is 22.2 Å². The number of benzene rings is 1. The molecule has 2 aromatic rings. The van der Waals surface area contributed by atoms with Crippen LogP contribution in [0.5, 0.6) is 0 Å². The van der Waals surface area contributed by atoms with Crippen LogP contribution in [-0.4, -0.2) is 0 Å². The minimum atomic E-state index is -0.326. The third-order valence-electron chi connectivity index (χ3n) is 2.83. The molecule has 17 heavy (non-hydrogen) atoms. The molecule has 0 saturated heterocycles. The van der Waals surface area contributed by atoms with Crippen molar-refractivity contribution in [1.82, 2.24) is 0 Å². The number of hydrogen-bond donors (Lipinski definition) is 2. The lowest BCUT2D eigenvalue weighted by Crippen LogP contribution is -2.25. The van der Waals surface area contributed by atoms with Crippen molar-refractivity contribution in [2.24, 2.45) is 5.73 Å². The fraction of sp³-hybridized carbons (Fsp3) is 0.167. The first-order valence-corrected chi connectivity index (χ1v) is 6.49. The molecule has 0 fully saturated rings. The highest BCUT2D eigenvalue weighted by atomic mass is 35.5. The van der Waals surface area contributed by atoms with Gasteiger partial charge in [-0.3, -0.25) is 4.42 Å². The van der Waals surface area contributed by atoms with Crippen LogP contribution in [0.15, 0.2) is 30.3 Å². The number of anilines is 3. The Bertz CT molecular complexity index is 567. The Morgan fingerprint density at radius 2 is 2.18 bits per heavy atom. The molecular formula is C12H12ClN3S. The van der Waals surface area contributed by atoms with Crippen LogP contribution in [0.2, 0.25) is 0 Å². The third-order valence-corrected chi connectivity index (χ3v) is 4.20. The van der Waals surface area contributed by atoms with Crippen LogP contribution >= 0.6 is 23.1 Å². The average Bonchev–Trinajstić information content (AvgIpc) is 2.65. The van der Waals surface area contributed by atoms with Crippen molar-refractivity contribution in [2.75, 3.05) is 9.74 Å². The molecule has 1 aromatic heterocycles. The molecule has 0 amide bonds. The van der Waals surface area contributed by atoms with Crippen LogP contribution in [0.25, 0.3) is 0 Å². The summed E-state index contributed by atoms with van der Waals surface area (Å²) in [6.45, 7) is 2.07. The van der Waals surface area contributed by atoms with Gasteiger partial charge in [-0.05, 0) is 25.1 Å². The topological polar surface area (TPSA) is 41.3 Å². The van der Waals surface area contributed by atoms with Crippen LogP contribution < -0.4 is 15.5 Å². The van der Waals surface area contributed by atoms with E-state index in [-0.39, 0.29) is 6.17 Å². The molecule has 0 aliphatic carbocycles. The summed E-state index contributed by atoms with van der Waals surface area (Å²) in [5.41, 5.74) is 9.11. The lowest BCUT2D eigenvalue weighted by Gasteiger charge is -2.21. The monoisotopic (exact) mass is 265 g/mol. The maximum Gasteiger partial charge on any atom is 0.122 e. The molecule has 1 aliphatic heterocycles. The minimum absolute atomic E-state index is 0.326. The van der Waals surface area contributed by atoms with Crippen LogP contribution in [0.3, 0.4) is 0 Å². The molecule has 5 heteroatoms. The number of nitrogens with one attached hydrogen (secondary N) is 1. The highest BCUT2D eigenvalue weighted by Crippen LogP contribution is 2.43. The maximum atomic E-state index is 6.31. The van der Waals surface area contributed by atoms with E-state index < -0.39 is 0 Å². The number of hydrogen-bond acceptors (Lipinski definition) is 4. The summed E-state index contributed by atoms with van der Waals surface area (Å²) in [6, 6.07) is 9.97. The molecule has 1 aliphatic rings. The first-order valence-electron chi connectivity index (χ1n) is 5.34. The molecule has 1 atom stereocenters. The quantitative estimate of drug-likeness (QED) is 0.713. The van der Waals surface area contributed by atoms with E-state index in [1.165, 1.54) is 4.88 Å². The molecule has 3 rings (SSSR count). The van der Waals surface area contributed by atoms with Crippen LogP contribution in [-0.2, 0) is 0 Å². The van der Waals surface area contributed by atoms with E-state index in [9.17, 15) is 0 Å². The fourth-order valence-corrected chi connectivity index (χ4v) is 3.23. The van der Waals surface area contributed by atoms with Crippen molar-refractivity contribution in [3.63, 3.8) is 0 Å². The van der Waals surface area contributed by atoms with E-state index in [0.29, 0.717) is 0 Å². The fourth-order valence-electron chi connectivity index (χ4n) is 2.01.